The molecule has 0 fully saturated rings. The molecular weight excluding hydrogens is 294 g/mol. The molecule has 0 aromatic heterocycles. The van der Waals surface area contributed by atoms with E-state index in [0.717, 1.165) is 12.1 Å². The van der Waals surface area contributed by atoms with Gasteiger partial charge < -0.3 is 0 Å². The van der Waals surface area contributed by atoms with Crippen molar-refractivity contribution < 1.29 is 17.6 Å². The third kappa shape index (κ3) is 3.57. The van der Waals surface area contributed by atoms with Crippen molar-refractivity contribution in [3.8, 4) is 0 Å². The van der Waals surface area contributed by atoms with Gasteiger partial charge in [-0.3, -0.25) is 4.99 Å². The molecule has 0 N–H and O–H groups in total. The Bertz CT molecular complexity index is 633. The smallest absolute Gasteiger partial charge is 0.256 e. The van der Waals surface area contributed by atoms with Crippen LogP contribution in [0.2, 0.25) is 5.02 Å². The molecule has 2 aromatic carbocycles. The molecule has 6 heteroatoms. The van der Waals surface area contributed by atoms with Gasteiger partial charge in [-0.2, -0.15) is 13.2 Å². The summed E-state index contributed by atoms with van der Waals surface area (Å²) in [6.45, 7) is 0. The van der Waals surface area contributed by atoms with E-state index in [2.05, 4.69) is 4.99 Å². The van der Waals surface area contributed by atoms with Gasteiger partial charge in [0.2, 0.25) is 0 Å². The summed E-state index contributed by atoms with van der Waals surface area (Å²) >= 11 is 5.70. The average Bonchev–Trinajstić information content (AvgIpc) is 2.38. The van der Waals surface area contributed by atoms with Gasteiger partial charge in [0, 0.05) is 11.2 Å². The fourth-order valence-corrected chi connectivity index (χ4v) is 1.67. The second-order valence-corrected chi connectivity index (χ2v) is 4.41. The Kier molecular flexibility index (Phi) is 4.09. The summed E-state index contributed by atoms with van der Waals surface area (Å²) in [5, 5.41) is 0.514. The Labute approximate surface area is 117 Å². The number of aliphatic imine (C=N–C) groups is 1. The first-order valence-corrected chi connectivity index (χ1v) is 5.90. The van der Waals surface area contributed by atoms with Gasteiger partial charge in [-0.1, -0.05) is 23.7 Å². The zero-order chi connectivity index (χ0) is 14.8. The highest BCUT2D eigenvalue weighted by Crippen LogP contribution is 2.36. The van der Waals surface area contributed by atoms with Crippen LogP contribution in [0.4, 0.5) is 23.2 Å². The summed E-state index contributed by atoms with van der Waals surface area (Å²) in [6, 6.07) is 8.77. The molecule has 0 saturated heterocycles. The minimum atomic E-state index is -4.66. The fourth-order valence-electron chi connectivity index (χ4n) is 1.54. The number of hydrogen-bond acceptors (Lipinski definition) is 1. The lowest BCUT2D eigenvalue weighted by Gasteiger charge is -2.09. The van der Waals surface area contributed by atoms with E-state index in [1.807, 2.05) is 0 Å². The molecule has 0 heterocycles. The Hall–Kier alpha value is -1.88. The second-order valence-electron chi connectivity index (χ2n) is 3.97. The largest absolute Gasteiger partial charge is 0.418 e. The molecule has 0 aliphatic rings. The lowest BCUT2D eigenvalue weighted by molar-refractivity contribution is -0.137. The van der Waals surface area contributed by atoms with Crippen LogP contribution in [0.3, 0.4) is 0 Å². The summed E-state index contributed by atoms with van der Waals surface area (Å²) in [4.78, 5) is 3.76. The zero-order valence-electron chi connectivity index (χ0n) is 9.96. The third-order valence-electron chi connectivity index (χ3n) is 2.49. The number of nitrogens with zero attached hydrogens (tertiary/aromatic N) is 1. The molecule has 20 heavy (non-hydrogen) atoms. The van der Waals surface area contributed by atoms with E-state index in [0.29, 0.717) is 16.7 Å². The topological polar surface area (TPSA) is 12.4 Å². The van der Waals surface area contributed by atoms with Crippen molar-refractivity contribution in [1.82, 2.24) is 0 Å². The highest BCUT2D eigenvalue weighted by molar-refractivity contribution is 6.30. The van der Waals surface area contributed by atoms with Crippen LogP contribution in [0.25, 0.3) is 0 Å². The summed E-state index contributed by atoms with van der Waals surface area (Å²) in [6.07, 6.45) is -3.40. The molecule has 0 spiro atoms. The van der Waals surface area contributed by atoms with Crippen molar-refractivity contribution in [2.24, 2.45) is 4.99 Å². The lowest BCUT2D eigenvalue weighted by atomic mass is 10.1. The first-order valence-electron chi connectivity index (χ1n) is 5.52. The van der Waals surface area contributed by atoms with Crippen molar-refractivity contribution >= 4 is 23.5 Å². The van der Waals surface area contributed by atoms with Gasteiger partial charge in [-0.15, -0.1) is 0 Å². The van der Waals surface area contributed by atoms with E-state index in [9.17, 15) is 17.6 Å². The number of benzene rings is 2. The third-order valence-corrected chi connectivity index (χ3v) is 2.74. The quantitative estimate of drug-likeness (QED) is 0.531. The van der Waals surface area contributed by atoms with Gasteiger partial charge in [-0.25, -0.2) is 4.39 Å². The molecule has 0 radical (unpaired) electrons. The van der Waals surface area contributed by atoms with Gasteiger partial charge in [0.05, 0.1) is 11.3 Å². The molecule has 0 unspecified atom stereocenters. The Balaban J connectivity index is 2.36. The molecule has 104 valence electrons. The number of rotatable bonds is 2. The van der Waals surface area contributed by atoms with Crippen LogP contribution in [0.1, 0.15) is 11.1 Å². The van der Waals surface area contributed by atoms with Crippen LogP contribution < -0.4 is 0 Å². The molecule has 0 bridgehead atoms. The predicted octanol–water partition coefficient (Wildman–Crippen LogP) is 5.25. The van der Waals surface area contributed by atoms with Gasteiger partial charge in [-0.05, 0) is 35.9 Å². The van der Waals surface area contributed by atoms with E-state index in [-0.39, 0.29) is 5.69 Å². The van der Waals surface area contributed by atoms with Crippen LogP contribution in [0.5, 0.6) is 0 Å². The van der Waals surface area contributed by atoms with E-state index < -0.39 is 17.6 Å². The van der Waals surface area contributed by atoms with E-state index >= 15 is 0 Å². The standard InChI is InChI=1S/C14H8ClF4N/c15-10-3-1-9(2-4-10)8-20-13-6-5-11(16)7-12(13)14(17,18)19/h1-8H. The number of alkyl halides is 3. The molecule has 0 atom stereocenters. The lowest BCUT2D eigenvalue weighted by Crippen LogP contribution is -2.05. The Morgan fingerprint density at radius 2 is 1.65 bits per heavy atom. The molecule has 2 aromatic rings. The SMILES string of the molecule is Fc1ccc(N=Cc2ccc(Cl)cc2)c(C(F)(F)F)c1. The molecule has 2 rings (SSSR count). The van der Waals surface area contributed by atoms with Crippen molar-refractivity contribution in [3.63, 3.8) is 0 Å². The summed E-state index contributed by atoms with van der Waals surface area (Å²) in [5.41, 5.74) is -0.858. The van der Waals surface area contributed by atoms with Gasteiger partial charge in [0.1, 0.15) is 5.82 Å². The molecule has 1 nitrogen and oxygen atoms in total. The number of halogens is 5. The van der Waals surface area contributed by atoms with Gasteiger partial charge >= 0.3 is 6.18 Å². The molecule has 0 saturated carbocycles. The molecular formula is C14H8ClF4N. The highest BCUT2D eigenvalue weighted by atomic mass is 35.5. The Morgan fingerprint density at radius 1 is 1.00 bits per heavy atom. The van der Waals surface area contributed by atoms with Crippen LogP contribution in [-0.4, -0.2) is 6.21 Å². The minimum absolute atomic E-state index is 0.339. The maximum atomic E-state index is 12.9. The van der Waals surface area contributed by atoms with Crippen LogP contribution in [0, 0.1) is 5.82 Å². The molecule has 0 aliphatic carbocycles. The van der Waals surface area contributed by atoms with Crippen LogP contribution >= 0.6 is 11.6 Å². The van der Waals surface area contributed by atoms with E-state index in [4.69, 9.17) is 11.6 Å². The molecule has 0 amide bonds. The predicted molar refractivity (Wildman–Crippen MR) is 70.1 cm³/mol. The highest BCUT2D eigenvalue weighted by Gasteiger charge is 2.33. The van der Waals surface area contributed by atoms with E-state index in [1.165, 1.54) is 6.21 Å². The van der Waals surface area contributed by atoms with Crippen molar-refractivity contribution in [2.45, 2.75) is 6.18 Å². The van der Waals surface area contributed by atoms with Crippen LogP contribution in [0.15, 0.2) is 47.5 Å². The fraction of sp³-hybridized carbons (Fsp3) is 0.0714. The van der Waals surface area contributed by atoms with Crippen LogP contribution in [-0.2, 0) is 6.18 Å². The minimum Gasteiger partial charge on any atom is -0.256 e. The molecule has 0 aliphatic heterocycles. The summed E-state index contributed by atoms with van der Waals surface area (Å²) < 4.78 is 51.2. The first-order chi connectivity index (χ1) is 9.36. The first kappa shape index (κ1) is 14.5. The average molecular weight is 302 g/mol. The van der Waals surface area contributed by atoms with Crippen molar-refractivity contribution in [3.05, 3.63) is 64.4 Å². The maximum absolute atomic E-state index is 12.9. The van der Waals surface area contributed by atoms with Gasteiger partial charge in [0.25, 0.3) is 0 Å². The maximum Gasteiger partial charge on any atom is 0.418 e. The van der Waals surface area contributed by atoms with Gasteiger partial charge in [0.15, 0.2) is 0 Å². The number of hydrogen-bond donors (Lipinski definition) is 0. The van der Waals surface area contributed by atoms with E-state index in [1.54, 1.807) is 24.3 Å². The summed E-state index contributed by atoms with van der Waals surface area (Å²) in [5.74, 6) is -0.956. The van der Waals surface area contributed by atoms with Crippen molar-refractivity contribution in [2.75, 3.05) is 0 Å². The van der Waals surface area contributed by atoms with Crippen molar-refractivity contribution in [1.29, 1.82) is 0 Å². The zero-order valence-corrected chi connectivity index (χ0v) is 10.7. The monoisotopic (exact) mass is 301 g/mol. The summed E-state index contributed by atoms with van der Waals surface area (Å²) in [7, 11) is 0. The normalized spacial score (nSPS) is 12.1. The second kappa shape index (κ2) is 5.63. The Morgan fingerprint density at radius 3 is 2.25 bits per heavy atom.